The molecule has 3 aliphatic heterocycles. The van der Waals surface area contributed by atoms with Gasteiger partial charge in [0.15, 0.2) is 0 Å². The second kappa shape index (κ2) is 6.14. The van der Waals surface area contributed by atoms with Gasteiger partial charge in [-0.15, -0.1) is 0 Å². The van der Waals surface area contributed by atoms with Gasteiger partial charge < -0.3 is 0 Å². The van der Waals surface area contributed by atoms with Crippen LogP contribution in [0.2, 0.25) is 0 Å². The maximum atomic E-state index is 5.78. The van der Waals surface area contributed by atoms with E-state index < -0.39 is 0 Å². The molecule has 0 aromatic rings. The molecule has 0 spiro atoms. The SMILES string of the molecule is CCCC(C)CC(NN)C1CN2CCN1CC2. The first-order valence-corrected chi connectivity index (χ1v) is 7.17. The first-order valence-electron chi connectivity index (χ1n) is 7.17. The highest BCUT2D eigenvalue weighted by Crippen LogP contribution is 2.22. The second-order valence-corrected chi connectivity index (χ2v) is 5.81. The highest BCUT2D eigenvalue weighted by Gasteiger charge is 2.36. The minimum atomic E-state index is 0.458. The van der Waals surface area contributed by atoms with Crippen molar-refractivity contribution in [3.63, 3.8) is 0 Å². The number of nitrogens with two attached hydrogens (primary N) is 1. The van der Waals surface area contributed by atoms with Crippen LogP contribution in [0.25, 0.3) is 0 Å². The molecule has 3 atom stereocenters. The van der Waals surface area contributed by atoms with Crippen LogP contribution >= 0.6 is 0 Å². The Labute approximate surface area is 105 Å². The third-order valence-electron chi connectivity index (χ3n) is 4.44. The Morgan fingerprint density at radius 3 is 2.47 bits per heavy atom. The molecule has 3 aliphatic rings. The van der Waals surface area contributed by atoms with Crippen LogP contribution in [0, 0.1) is 5.92 Å². The number of hydrogen-bond donors (Lipinski definition) is 2. The fraction of sp³-hybridized carbons (Fsp3) is 1.00. The van der Waals surface area contributed by atoms with Gasteiger partial charge in [-0.3, -0.25) is 21.1 Å². The van der Waals surface area contributed by atoms with Crippen molar-refractivity contribution in [1.82, 2.24) is 15.2 Å². The van der Waals surface area contributed by atoms with E-state index in [1.165, 1.54) is 52.0 Å². The summed E-state index contributed by atoms with van der Waals surface area (Å²) in [6.07, 6.45) is 3.80. The van der Waals surface area contributed by atoms with Crippen LogP contribution in [-0.4, -0.2) is 54.6 Å². The Bertz CT molecular complexity index is 225. The van der Waals surface area contributed by atoms with Crippen LogP contribution in [0.3, 0.4) is 0 Å². The van der Waals surface area contributed by atoms with Crippen LogP contribution in [0.5, 0.6) is 0 Å². The van der Waals surface area contributed by atoms with Gasteiger partial charge in [-0.05, 0) is 12.3 Å². The number of nitrogens with one attached hydrogen (secondary N) is 1. The maximum absolute atomic E-state index is 5.78. The summed E-state index contributed by atoms with van der Waals surface area (Å²) >= 11 is 0. The van der Waals surface area contributed by atoms with Gasteiger partial charge in [0.1, 0.15) is 0 Å². The van der Waals surface area contributed by atoms with Gasteiger partial charge in [-0.25, -0.2) is 0 Å². The molecule has 4 heteroatoms. The summed E-state index contributed by atoms with van der Waals surface area (Å²) in [6.45, 7) is 10.8. The number of hydrazine groups is 1. The average molecular weight is 240 g/mol. The molecule has 17 heavy (non-hydrogen) atoms. The predicted octanol–water partition coefficient (Wildman–Crippen LogP) is 0.644. The first-order chi connectivity index (χ1) is 8.24. The monoisotopic (exact) mass is 240 g/mol. The summed E-state index contributed by atoms with van der Waals surface area (Å²) in [5, 5.41) is 0. The van der Waals surface area contributed by atoms with Crippen molar-refractivity contribution in [3.05, 3.63) is 0 Å². The van der Waals surface area contributed by atoms with Crippen LogP contribution < -0.4 is 11.3 Å². The standard InChI is InChI=1S/C13H28N4/c1-3-4-11(2)9-12(15-14)13-10-16-5-7-17(13)8-6-16/h11-13,15H,3-10,14H2,1-2H3. The summed E-state index contributed by atoms with van der Waals surface area (Å²) in [5.74, 6) is 6.56. The van der Waals surface area contributed by atoms with Crippen molar-refractivity contribution < 1.29 is 0 Å². The normalized spacial score (nSPS) is 35.8. The zero-order valence-electron chi connectivity index (χ0n) is 11.4. The van der Waals surface area contributed by atoms with Gasteiger partial charge in [0.25, 0.3) is 0 Å². The minimum absolute atomic E-state index is 0.458. The lowest BCUT2D eigenvalue weighted by molar-refractivity contribution is -0.00677. The number of nitrogens with zero attached hydrogens (tertiary/aromatic N) is 2. The summed E-state index contributed by atoms with van der Waals surface area (Å²) in [5.41, 5.74) is 3.08. The smallest absolute Gasteiger partial charge is 0.0391 e. The molecule has 0 aromatic carbocycles. The fourth-order valence-electron chi connectivity index (χ4n) is 3.42. The highest BCUT2D eigenvalue weighted by atomic mass is 15.4. The highest BCUT2D eigenvalue weighted by molar-refractivity contribution is 4.94. The van der Waals surface area contributed by atoms with Crippen molar-refractivity contribution >= 4 is 0 Å². The van der Waals surface area contributed by atoms with E-state index in [0.717, 1.165) is 5.92 Å². The third kappa shape index (κ3) is 3.19. The average Bonchev–Trinajstić information content (AvgIpc) is 2.37. The van der Waals surface area contributed by atoms with Gasteiger partial charge in [0, 0.05) is 44.8 Å². The van der Waals surface area contributed by atoms with E-state index in [1.54, 1.807) is 0 Å². The molecule has 3 rings (SSSR count). The number of rotatable bonds is 6. The lowest BCUT2D eigenvalue weighted by Gasteiger charge is -2.50. The van der Waals surface area contributed by atoms with Gasteiger partial charge in [-0.1, -0.05) is 26.7 Å². The largest absolute Gasteiger partial charge is 0.299 e. The summed E-state index contributed by atoms with van der Waals surface area (Å²) in [6, 6.07) is 1.08. The van der Waals surface area contributed by atoms with Crippen LogP contribution in [0.1, 0.15) is 33.1 Å². The molecule has 0 saturated carbocycles. The van der Waals surface area contributed by atoms with Crippen LogP contribution in [0.4, 0.5) is 0 Å². The van der Waals surface area contributed by atoms with Crippen molar-refractivity contribution in [3.8, 4) is 0 Å². The van der Waals surface area contributed by atoms with Crippen molar-refractivity contribution in [2.24, 2.45) is 11.8 Å². The molecule has 3 unspecified atom stereocenters. The van der Waals surface area contributed by atoms with E-state index in [4.69, 9.17) is 5.84 Å². The number of piperazine rings is 3. The van der Waals surface area contributed by atoms with Crippen molar-refractivity contribution in [1.29, 1.82) is 0 Å². The minimum Gasteiger partial charge on any atom is -0.299 e. The third-order valence-corrected chi connectivity index (χ3v) is 4.44. The van der Waals surface area contributed by atoms with E-state index in [0.29, 0.717) is 12.1 Å². The van der Waals surface area contributed by atoms with Crippen LogP contribution in [0.15, 0.2) is 0 Å². The lowest BCUT2D eigenvalue weighted by Crippen LogP contribution is -2.67. The van der Waals surface area contributed by atoms with Gasteiger partial charge in [0.05, 0.1) is 0 Å². The molecule has 3 saturated heterocycles. The fourth-order valence-corrected chi connectivity index (χ4v) is 3.42. The molecule has 2 bridgehead atoms. The molecule has 4 nitrogen and oxygen atoms in total. The Hall–Kier alpha value is -0.160. The maximum Gasteiger partial charge on any atom is 0.0391 e. The van der Waals surface area contributed by atoms with Crippen molar-refractivity contribution in [2.75, 3.05) is 32.7 Å². The molecule has 0 aliphatic carbocycles. The topological polar surface area (TPSA) is 44.5 Å². The Balaban J connectivity index is 1.89. The molecular weight excluding hydrogens is 212 g/mol. The number of fused-ring (bicyclic) bond motifs is 3. The summed E-state index contributed by atoms with van der Waals surface area (Å²) < 4.78 is 0. The number of hydrogen-bond acceptors (Lipinski definition) is 4. The zero-order chi connectivity index (χ0) is 12.3. The molecule has 3 heterocycles. The second-order valence-electron chi connectivity index (χ2n) is 5.81. The van der Waals surface area contributed by atoms with E-state index in [1.807, 2.05) is 0 Å². The Morgan fingerprint density at radius 2 is 2.00 bits per heavy atom. The first kappa shape index (κ1) is 13.3. The summed E-state index contributed by atoms with van der Waals surface area (Å²) in [4.78, 5) is 5.21. The van der Waals surface area contributed by atoms with E-state index in [2.05, 4.69) is 29.1 Å². The molecule has 3 fully saturated rings. The molecule has 3 N–H and O–H groups in total. The molecule has 0 radical (unpaired) electrons. The van der Waals surface area contributed by atoms with E-state index in [9.17, 15) is 0 Å². The Kier molecular flexibility index (Phi) is 4.79. The zero-order valence-corrected chi connectivity index (χ0v) is 11.4. The molecule has 100 valence electrons. The molecule has 0 amide bonds. The van der Waals surface area contributed by atoms with E-state index >= 15 is 0 Å². The molecular formula is C13H28N4. The summed E-state index contributed by atoms with van der Waals surface area (Å²) in [7, 11) is 0. The predicted molar refractivity (Wildman–Crippen MR) is 71.6 cm³/mol. The van der Waals surface area contributed by atoms with Crippen LogP contribution in [-0.2, 0) is 0 Å². The Morgan fingerprint density at radius 1 is 1.29 bits per heavy atom. The van der Waals surface area contributed by atoms with Gasteiger partial charge in [-0.2, -0.15) is 0 Å². The molecule has 0 aromatic heterocycles. The lowest BCUT2D eigenvalue weighted by atomic mass is 9.90. The van der Waals surface area contributed by atoms with Gasteiger partial charge >= 0.3 is 0 Å². The van der Waals surface area contributed by atoms with Gasteiger partial charge in [0.2, 0.25) is 0 Å². The van der Waals surface area contributed by atoms with Crippen molar-refractivity contribution in [2.45, 2.75) is 45.2 Å². The van der Waals surface area contributed by atoms with E-state index in [-0.39, 0.29) is 0 Å². The quantitative estimate of drug-likeness (QED) is 0.528.